The Balaban J connectivity index is 1.90. The van der Waals surface area contributed by atoms with E-state index in [1.165, 1.54) is 19.3 Å². The molecule has 0 radical (unpaired) electrons. The van der Waals surface area contributed by atoms with E-state index in [1.807, 2.05) is 4.90 Å². The van der Waals surface area contributed by atoms with E-state index >= 15 is 0 Å². The van der Waals surface area contributed by atoms with Crippen molar-refractivity contribution >= 4 is 5.91 Å². The minimum Gasteiger partial charge on any atom is -0.340 e. The van der Waals surface area contributed by atoms with Gasteiger partial charge in [-0.05, 0) is 39.7 Å². The molecule has 92 valence electrons. The molecule has 0 bridgehead atoms. The van der Waals surface area contributed by atoms with Gasteiger partial charge in [0.15, 0.2) is 0 Å². The van der Waals surface area contributed by atoms with Gasteiger partial charge in [-0.15, -0.1) is 0 Å². The van der Waals surface area contributed by atoms with Crippen LogP contribution in [0.25, 0.3) is 0 Å². The lowest BCUT2D eigenvalue weighted by Crippen LogP contribution is -2.52. The summed E-state index contributed by atoms with van der Waals surface area (Å²) in [6.45, 7) is 3.53. The van der Waals surface area contributed by atoms with Crippen molar-refractivity contribution in [3.8, 4) is 0 Å². The van der Waals surface area contributed by atoms with Crippen LogP contribution in [0.1, 0.15) is 32.6 Å². The van der Waals surface area contributed by atoms with Crippen molar-refractivity contribution < 1.29 is 4.79 Å². The molecule has 2 aliphatic rings. The third kappa shape index (κ3) is 2.55. The molecule has 2 fully saturated rings. The number of likely N-dealkylation sites (tertiary alicyclic amines) is 1. The lowest BCUT2D eigenvalue weighted by molar-refractivity contribution is -0.134. The van der Waals surface area contributed by atoms with Gasteiger partial charge in [0.25, 0.3) is 0 Å². The van der Waals surface area contributed by atoms with Crippen LogP contribution in [0, 0.1) is 0 Å². The van der Waals surface area contributed by atoms with Crippen LogP contribution in [-0.2, 0) is 4.79 Å². The fourth-order valence-corrected chi connectivity index (χ4v) is 2.56. The molecule has 0 aromatic carbocycles. The van der Waals surface area contributed by atoms with Gasteiger partial charge in [0.2, 0.25) is 5.91 Å². The van der Waals surface area contributed by atoms with Crippen LogP contribution in [0.2, 0.25) is 0 Å². The average molecular weight is 225 g/mol. The van der Waals surface area contributed by atoms with E-state index in [-0.39, 0.29) is 11.9 Å². The first-order valence-corrected chi connectivity index (χ1v) is 6.36. The van der Waals surface area contributed by atoms with Gasteiger partial charge in [-0.25, -0.2) is 0 Å². The van der Waals surface area contributed by atoms with Crippen molar-refractivity contribution in [2.75, 3.05) is 20.1 Å². The first-order chi connectivity index (χ1) is 7.59. The van der Waals surface area contributed by atoms with Gasteiger partial charge in [-0.3, -0.25) is 9.69 Å². The van der Waals surface area contributed by atoms with Crippen molar-refractivity contribution in [1.29, 1.82) is 0 Å². The Kier molecular flexibility index (Phi) is 3.50. The maximum absolute atomic E-state index is 11.8. The summed E-state index contributed by atoms with van der Waals surface area (Å²) in [5, 5.41) is 0. The summed E-state index contributed by atoms with van der Waals surface area (Å²) in [4.78, 5) is 16.2. The number of hydrogen-bond donors (Lipinski definition) is 1. The Bertz CT molecular complexity index is 263. The maximum atomic E-state index is 11.8. The fourth-order valence-electron chi connectivity index (χ4n) is 2.56. The van der Waals surface area contributed by atoms with Gasteiger partial charge in [-0.1, -0.05) is 0 Å². The average Bonchev–Trinajstić information content (AvgIpc) is 3.11. The van der Waals surface area contributed by atoms with Crippen molar-refractivity contribution in [2.24, 2.45) is 5.73 Å². The van der Waals surface area contributed by atoms with Crippen LogP contribution in [-0.4, -0.2) is 54.0 Å². The molecule has 2 unspecified atom stereocenters. The van der Waals surface area contributed by atoms with Crippen molar-refractivity contribution in [3.63, 3.8) is 0 Å². The maximum Gasteiger partial charge on any atom is 0.239 e. The number of piperidine rings is 1. The molecule has 0 aromatic heterocycles. The van der Waals surface area contributed by atoms with Gasteiger partial charge >= 0.3 is 0 Å². The van der Waals surface area contributed by atoms with E-state index in [1.54, 1.807) is 6.92 Å². The van der Waals surface area contributed by atoms with E-state index in [0.717, 1.165) is 25.6 Å². The van der Waals surface area contributed by atoms with E-state index < -0.39 is 0 Å². The first-order valence-electron chi connectivity index (χ1n) is 6.36. The lowest BCUT2D eigenvalue weighted by atomic mass is 10.0. The Morgan fingerprint density at radius 3 is 2.62 bits per heavy atom. The Morgan fingerprint density at radius 1 is 1.38 bits per heavy atom. The second-order valence-electron chi connectivity index (χ2n) is 5.27. The van der Waals surface area contributed by atoms with Crippen molar-refractivity contribution in [3.05, 3.63) is 0 Å². The minimum atomic E-state index is -0.356. The highest BCUT2D eigenvalue weighted by molar-refractivity contribution is 5.81. The fraction of sp³-hybridized carbons (Fsp3) is 0.917. The van der Waals surface area contributed by atoms with Gasteiger partial charge in [0.1, 0.15) is 0 Å². The summed E-state index contributed by atoms with van der Waals surface area (Å²) in [6, 6.07) is 0.962. The number of rotatable bonds is 3. The van der Waals surface area contributed by atoms with Gasteiger partial charge in [0, 0.05) is 25.2 Å². The number of likely N-dealkylation sites (N-methyl/N-ethyl adjacent to an activating group) is 1. The molecule has 0 aromatic rings. The topological polar surface area (TPSA) is 49.6 Å². The number of nitrogens with zero attached hydrogens (tertiary/aromatic N) is 2. The second-order valence-corrected chi connectivity index (χ2v) is 5.27. The summed E-state index contributed by atoms with van der Waals surface area (Å²) in [5.41, 5.74) is 5.66. The smallest absolute Gasteiger partial charge is 0.239 e. The molecular weight excluding hydrogens is 202 g/mol. The number of carbonyl (C=O) groups is 1. The van der Waals surface area contributed by atoms with E-state index in [4.69, 9.17) is 5.73 Å². The summed E-state index contributed by atoms with van der Waals surface area (Å²) in [6.07, 6.45) is 4.98. The van der Waals surface area contributed by atoms with Gasteiger partial charge in [-0.2, -0.15) is 0 Å². The van der Waals surface area contributed by atoms with E-state index in [9.17, 15) is 4.79 Å². The SMILES string of the molecule is CC(N)C(=O)N1CCCC(N(C)C2CC2)C1. The molecule has 4 nitrogen and oxygen atoms in total. The summed E-state index contributed by atoms with van der Waals surface area (Å²) in [7, 11) is 2.20. The van der Waals surface area contributed by atoms with Crippen LogP contribution < -0.4 is 5.73 Å². The number of carbonyl (C=O) groups excluding carboxylic acids is 1. The zero-order valence-electron chi connectivity index (χ0n) is 10.4. The monoisotopic (exact) mass is 225 g/mol. The molecule has 1 saturated heterocycles. The zero-order chi connectivity index (χ0) is 11.7. The van der Waals surface area contributed by atoms with Gasteiger partial charge in [0.05, 0.1) is 6.04 Å². The third-order valence-electron chi connectivity index (χ3n) is 3.80. The van der Waals surface area contributed by atoms with Gasteiger partial charge < -0.3 is 10.6 Å². The first kappa shape index (κ1) is 11.9. The second kappa shape index (κ2) is 4.72. The molecule has 2 N–H and O–H groups in total. The predicted octanol–water partition coefficient (Wildman–Crippen LogP) is 0.419. The molecule has 1 saturated carbocycles. The highest BCUT2D eigenvalue weighted by atomic mass is 16.2. The van der Waals surface area contributed by atoms with Crippen molar-refractivity contribution in [2.45, 2.75) is 50.7 Å². The molecule has 16 heavy (non-hydrogen) atoms. The Hall–Kier alpha value is -0.610. The van der Waals surface area contributed by atoms with Crippen LogP contribution >= 0.6 is 0 Å². The summed E-state index contributed by atoms with van der Waals surface area (Å²) in [5.74, 6) is 0.105. The van der Waals surface area contributed by atoms with Crippen LogP contribution in [0.4, 0.5) is 0 Å². The molecule has 2 rings (SSSR count). The lowest BCUT2D eigenvalue weighted by Gasteiger charge is -2.38. The highest BCUT2D eigenvalue weighted by Crippen LogP contribution is 2.29. The quantitative estimate of drug-likeness (QED) is 0.757. The Labute approximate surface area is 97.8 Å². The largest absolute Gasteiger partial charge is 0.340 e. The number of nitrogens with two attached hydrogens (primary N) is 1. The standard InChI is InChI=1S/C12H23N3O/c1-9(13)12(16)15-7-3-4-11(8-15)14(2)10-5-6-10/h9-11H,3-8,13H2,1-2H3. The third-order valence-corrected chi connectivity index (χ3v) is 3.80. The van der Waals surface area contributed by atoms with Crippen LogP contribution in [0.3, 0.4) is 0 Å². The molecule has 2 atom stereocenters. The van der Waals surface area contributed by atoms with Crippen LogP contribution in [0.15, 0.2) is 0 Å². The minimum absolute atomic E-state index is 0.105. The Morgan fingerprint density at radius 2 is 2.06 bits per heavy atom. The zero-order valence-corrected chi connectivity index (χ0v) is 10.4. The number of hydrogen-bond acceptors (Lipinski definition) is 3. The molecular formula is C12H23N3O. The summed E-state index contributed by atoms with van der Waals surface area (Å²) < 4.78 is 0. The number of amides is 1. The molecule has 4 heteroatoms. The molecule has 1 amide bonds. The molecule has 1 aliphatic heterocycles. The van der Waals surface area contributed by atoms with E-state index in [0.29, 0.717) is 6.04 Å². The predicted molar refractivity (Wildman–Crippen MR) is 64.0 cm³/mol. The van der Waals surface area contributed by atoms with E-state index in [2.05, 4.69) is 11.9 Å². The molecule has 1 aliphatic carbocycles. The van der Waals surface area contributed by atoms with Crippen molar-refractivity contribution in [1.82, 2.24) is 9.80 Å². The van der Waals surface area contributed by atoms with Crippen LogP contribution in [0.5, 0.6) is 0 Å². The summed E-state index contributed by atoms with van der Waals surface area (Å²) >= 11 is 0. The molecule has 0 spiro atoms. The molecule has 1 heterocycles. The highest BCUT2D eigenvalue weighted by Gasteiger charge is 2.34. The normalized spacial score (nSPS) is 28.2.